The molecule has 0 spiro atoms. The molecule has 0 atom stereocenters. The summed E-state index contributed by atoms with van der Waals surface area (Å²) >= 11 is 0. The molecule has 9 heteroatoms. The Bertz CT molecular complexity index is 2230. The fourth-order valence-electron chi connectivity index (χ4n) is 6.84. The van der Waals surface area contributed by atoms with Gasteiger partial charge in [0.05, 0.1) is 49.5 Å². The van der Waals surface area contributed by atoms with Crippen LogP contribution in [0, 0.1) is 20.8 Å². The van der Waals surface area contributed by atoms with Gasteiger partial charge in [-0.25, -0.2) is 14.6 Å². The molecule has 48 heavy (non-hydrogen) atoms. The Hall–Kier alpha value is -5.70. The monoisotopic (exact) mass is 639 g/mol. The molecule has 0 saturated carbocycles. The number of carbonyl (C=O) groups excluding carboxylic acids is 1. The zero-order valence-electron chi connectivity index (χ0n) is 28.0. The van der Waals surface area contributed by atoms with Crippen LogP contribution in [0.5, 0.6) is 17.2 Å². The SMILES string of the molecule is COc1cc(/C=C2/CCCc3c2nc2ccccc2c3C(=O)Nc2ccc(-n3nc(C)c4c(C)cc(C)nc43)cc2)cc(OC)c1OC. The second-order valence-electron chi connectivity index (χ2n) is 12.1. The number of aryl methyl sites for hydroxylation is 3. The maximum atomic E-state index is 14.2. The molecule has 9 nitrogen and oxygen atoms in total. The minimum absolute atomic E-state index is 0.167. The third kappa shape index (κ3) is 5.41. The summed E-state index contributed by atoms with van der Waals surface area (Å²) in [6, 6.07) is 21.5. The molecule has 1 N–H and O–H groups in total. The van der Waals surface area contributed by atoms with Crippen molar-refractivity contribution in [2.24, 2.45) is 0 Å². The summed E-state index contributed by atoms with van der Waals surface area (Å²) in [4.78, 5) is 24.0. The van der Waals surface area contributed by atoms with Gasteiger partial charge in [-0.05, 0) is 117 Å². The van der Waals surface area contributed by atoms with Gasteiger partial charge in [-0.2, -0.15) is 5.10 Å². The van der Waals surface area contributed by atoms with Gasteiger partial charge in [0.1, 0.15) is 0 Å². The van der Waals surface area contributed by atoms with Gasteiger partial charge in [0.25, 0.3) is 5.91 Å². The number of allylic oxidation sites excluding steroid dienone is 1. The lowest BCUT2D eigenvalue weighted by Crippen LogP contribution is -2.19. The van der Waals surface area contributed by atoms with E-state index < -0.39 is 0 Å². The number of rotatable bonds is 7. The third-order valence-corrected chi connectivity index (χ3v) is 8.93. The van der Waals surface area contributed by atoms with Crippen molar-refractivity contribution in [3.63, 3.8) is 0 Å². The number of fused-ring (bicyclic) bond motifs is 3. The largest absolute Gasteiger partial charge is 0.493 e. The number of carbonyl (C=O) groups is 1. The van der Waals surface area contributed by atoms with E-state index in [0.717, 1.165) is 86.2 Å². The van der Waals surface area contributed by atoms with Gasteiger partial charge in [0, 0.05) is 22.2 Å². The van der Waals surface area contributed by atoms with E-state index in [4.69, 9.17) is 29.3 Å². The molecule has 1 amide bonds. The highest BCUT2D eigenvalue weighted by atomic mass is 16.5. The number of hydrogen-bond donors (Lipinski definition) is 1. The molecule has 0 unspecified atom stereocenters. The second-order valence-corrected chi connectivity index (χ2v) is 12.1. The minimum Gasteiger partial charge on any atom is -0.493 e. The van der Waals surface area contributed by atoms with Gasteiger partial charge >= 0.3 is 0 Å². The number of ether oxygens (including phenoxy) is 3. The Morgan fingerprint density at radius 2 is 1.60 bits per heavy atom. The lowest BCUT2D eigenvalue weighted by atomic mass is 9.85. The van der Waals surface area contributed by atoms with E-state index in [1.54, 1.807) is 21.3 Å². The predicted octanol–water partition coefficient (Wildman–Crippen LogP) is 8.05. The van der Waals surface area contributed by atoms with Crippen LogP contribution in [0.25, 0.3) is 39.3 Å². The summed E-state index contributed by atoms with van der Waals surface area (Å²) in [7, 11) is 4.80. The number of anilines is 1. The molecule has 0 saturated heterocycles. The number of nitrogens with zero attached hydrogens (tertiary/aromatic N) is 4. The lowest BCUT2D eigenvalue weighted by molar-refractivity contribution is 0.102. The Balaban J connectivity index is 1.25. The predicted molar refractivity (Wildman–Crippen MR) is 190 cm³/mol. The van der Waals surface area contributed by atoms with Crippen LogP contribution in [0.3, 0.4) is 0 Å². The Kier molecular flexibility index (Phi) is 8.04. The molecule has 1 aliphatic carbocycles. The third-order valence-electron chi connectivity index (χ3n) is 8.93. The topological polar surface area (TPSA) is 100 Å². The second kappa shape index (κ2) is 12.5. The Morgan fingerprint density at radius 1 is 0.875 bits per heavy atom. The van der Waals surface area contributed by atoms with Crippen LogP contribution in [0.15, 0.2) is 66.7 Å². The molecular weight excluding hydrogens is 602 g/mol. The summed E-state index contributed by atoms with van der Waals surface area (Å²) in [5.41, 5.74) is 10.6. The maximum absolute atomic E-state index is 14.2. The number of nitrogens with one attached hydrogen (secondary N) is 1. The number of methoxy groups -OCH3 is 3. The molecule has 242 valence electrons. The van der Waals surface area contributed by atoms with E-state index in [0.29, 0.717) is 28.5 Å². The molecule has 0 radical (unpaired) electrons. The van der Waals surface area contributed by atoms with Gasteiger partial charge < -0.3 is 19.5 Å². The van der Waals surface area contributed by atoms with Crippen LogP contribution >= 0.6 is 0 Å². The fourth-order valence-corrected chi connectivity index (χ4v) is 6.84. The van der Waals surface area contributed by atoms with Crippen molar-refractivity contribution in [1.82, 2.24) is 19.7 Å². The van der Waals surface area contributed by atoms with Crippen LogP contribution in [0.4, 0.5) is 5.69 Å². The van der Waals surface area contributed by atoms with Gasteiger partial charge in [0.2, 0.25) is 5.75 Å². The number of para-hydroxylation sites is 1. The molecule has 0 fully saturated rings. The normalized spacial score (nSPS) is 13.5. The van der Waals surface area contributed by atoms with E-state index in [1.165, 1.54) is 0 Å². The molecule has 3 heterocycles. The Morgan fingerprint density at radius 3 is 2.31 bits per heavy atom. The van der Waals surface area contributed by atoms with Crippen LogP contribution in [-0.4, -0.2) is 47.0 Å². The van der Waals surface area contributed by atoms with Gasteiger partial charge in [-0.15, -0.1) is 0 Å². The smallest absolute Gasteiger partial charge is 0.256 e. The van der Waals surface area contributed by atoms with Crippen molar-refractivity contribution < 1.29 is 19.0 Å². The molecular formula is C39H37N5O4. The zero-order valence-corrected chi connectivity index (χ0v) is 28.0. The van der Waals surface area contributed by atoms with E-state index in [1.807, 2.05) is 79.2 Å². The minimum atomic E-state index is -0.167. The highest BCUT2D eigenvalue weighted by molar-refractivity contribution is 6.14. The van der Waals surface area contributed by atoms with Gasteiger partial charge in [-0.1, -0.05) is 18.2 Å². The van der Waals surface area contributed by atoms with E-state index in [-0.39, 0.29) is 5.91 Å². The summed E-state index contributed by atoms with van der Waals surface area (Å²) < 4.78 is 18.6. The first-order valence-electron chi connectivity index (χ1n) is 16.0. The van der Waals surface area contributed by atoms with Crippen LogP contribution in [0.2, 0.25) is 0 Å². The molecule has 0 bridgehead atoms. The van der Waals surface area contributed by atoms with Crippen molar-refractivity contribution in [2.75, 3.05) is 26.6 Å². The van der Waals surface area contributed by atoms with Crippen molar-refractivity contribution in [2.45, 2.75) is 40.0 Å². The number of benzene rings is 3. The van der Waals surface area contributed by atoms with E-state index in [9.17, 15) is 4.79 Å². The van der Waals surface area contributed by atoms with Crippen molar-refractivity contribution >= 4 is 45.2 Å². The van der Waals surface area contributed by atoms with Crippen molar-refractivity contribution in [1.29, 1.82) is 0 Å². The highest BCUT2D eigenvalue weighted by Crippen LogP contribution is 2.41. The maximum Gasteiger partial charge on any atom is 0.256 e. The van der Waals surface area contributed by atoms with Crippen LogP contribution < -0.4 is 19.5 Å². The van der Waals surface area contributed by atoms with Crippen LogP contribution in [-0.2, 0) is 6.42 Å². The molecule has 1 aliphatic rings. The van der Waals surface area contributed by atoms with Gasteiger partial charge in [-0.3, -0.25) is 4.79 Å². The summed E-state index contributed by atoms with van der Waals surface area (Å²) in [6.45, 7) is 6.08. The number of hydrogen-bond acceptors (Lipinski definition) is 7. The zero-order chi connectivity index (χ0) is 33.5. The van der Waals surface area contributed by atoms with E-state index in [2.05, 4.69) is 24.4 Å². The molecule has 6 aromatic rings. The summed E-state index contributed by atoms with van der Waals surface area (Å²) in [5, 5.41) is 9.84. The average molecular weight is 640 g/mol. The molecule has 3 aromatic heterocycles. The summed E-state index contributed by atoms with van der Waals surface area (Å²) in [6.07, 6.45) is 4.57. The quantitative estimate of drug-likeness (QED) is 0.189. The lowest BCUT2D eigenvalue weighted by Gasteiger charge is -2.23. The van der Waals surface area contributed by atoms with Crippen molar-refractivity contribution in [3.8, 4) is 22.9 Å². The standard InChI is InChI=1S/C39H37N5O4/c1-22-18-23(2)40-38-34(22)24(3)43-44(38)28-16-14-27(15-17-28)41-39(45)35-29-11-7-8-13-31(29)42-36-26(10-9-12-30(35)36)19-25-20-32(46-4)37(48-6)33(21-25)47-5/h7-8,11,13-21H,9-10,12H2,1-6H3,(H,41,45)/b26-19-. The van der Waals surface area contributed by atoms with Gasteiger partial charge in [0.15, 0.2) is 17.1 Å². The number of pyridine rings is 2. The van der Waals surface area contributed by atoms with Crippen molar-refractivity contribution in [3.05, 3.63) is 106 Å². The Labute approximate surface area is 279 Å². The number of aromatic nitrogens is 4. The van der Waals surface area contributed by atoms with Crippen LogP contribution in [0.1, 0.15) is 57.0 Å². The fraction of sp³-hybridized carbons (Fsp3) is 0.231. The first-order valence-corrected chi connectivity index (χ1v) is 16.0. The molecule has 0 aliphatic heterocycles. The highest BCUT2D eigenvalue weighted by Gasteiger charge is 2.26. The first kappa shape index (κ1) is 30.9. The first-order chi connectivity index (χ1) is 23.3. The molecule has 3 aromatic carbocycles. The molecule has 7 rings (SSSR count). The summed E-state index contributed by atoms with van der Waals surface area (Å²) in [5.74, 6) is 1.53. The van der Waals surface area contributed by atoms with E-state index >= 15 is 0 Å². The average Bonchev–Trinajstić information content (AvgIpc) is 3.42. The number of amides is 1.